The van der Waals surface area contributed by atoms with E-state index >= 15 is 0 Å². The Morgan fingerprint density at radius 1 is 1.26 bits per heavy atom. The monoisotopic (exact) mass is 260 g/mol. The van der Waals surface area contributed by atoms with Crippen LogP contribution in [0, 0.1) is 5.82 Å². The molecule has 1 aromatic heterocycles. The Kier molecular flexibility index (Phi) is 4.12. The molecule has 0 saturated carbocycles. The van der Waals surface area contributed by atoms with Gasteiger partial charge < -0.3 is 10.5 Å². The fourth-order valence-corrected chi connectivity index (χ4v) is 1.69. The molecule has 0 fully saturated rings. The van der Waals surface area contributed by atoms with Crippen LogP contribution in [0.2, 0.25) is 0 Å². The Morgan fingerprint density at radius 2 is 2.00 bits per heavy atom. The molecule has 3 nitrogen and oxygen atoms in total. The highest BCUT2D eigenvalue weighted by atomic mass is 19.1. The van der Waals surface area contributed by atoms with Gasteiger partial charge in [0.25, 0.3) is 0 Å². The summed E-state index contributed by atoms with van der Waals surface area (Å²) < 4.78 is 19.0. The quantitative estimate of drug-likeness (QED) is 0.913. The Morgan fingerprint density at radius 3 is 2.63 bits per heavy atom. The van der Waals surface area contributed by atoms with E-state index in [0.717, 1.165) is 11.3 Å². The molecule has 0 unspecified atom stereocenters. The van der Waals surface area contributed by atoms with Crippen LogP contribution >= 0.6 is 0 Å². The summed E-state index contributed by atoms with van der Waals surface area (Å²) in [4.78, 5) is 4.37. The zero-order valence-corrected chi connectivity index (χ0v) is 11.1. The maximum Gasteiger partial charge on any atom is 0.219 e. The largest absolute Gasteiger partial charge is 0.436 e. The second-order valence-corrected chi connectivity index (χ2v) is 4.63. The van der Waals surface area contributed by atoms with E-state index in [1.807, 2.05) is 19.9 Å². The predicted molar refractivity (Wildman–Crippen MR) is 72.7 cm³/mol. The van der Waals surface area contributed by atoms with Gasteiger partial charge in [0.2, 0.25) is 5.88 Å². The van der Waals surface area contributed by atoms with Gasteiger partial charge >= 0.3 is 0 Å². The van der Waals surface area contributed by atoms with Crippen LogP contribution in [0.4, 0.5) is 4.39 Å². The molecule has 2 N–H and O–H groups in total. The number of hydrogen-bond acceptors (Lipinski definition) is 3. The van der Waals surface area contributed by atoms with Crippen molar-refractivity contribution in [3.63, 3.8) is 0 Å². The summed E-state index contributed by atoms with van der Waals surface area (Å²) in [6.45, 7) is 4.47. The SMILES string of the molecule is CC(C)c1cc(CN)cc(Oc2ccccc2F)n1. The first kappa shape index (κ1) is 13.5. The van der Waals surface area contributed by atoms with E-state index in [2.05, 4.69) is 4.98 Å². The number of hydrogen-bond donors (Lipinski definition) is 1. The molecule has 4 heteroatoms. The number of nitrogens with zero attached hydrogens (tertiary/aromatic N) is 1. The average molecular weight is 260 g/mol. The number of rotatable bonds is 4. The van der Waals surface area contributed by atoms with Crippen molar-refractivity contribution in [2.24, 2.45) is 5.73 Å². The number of para-hydroxylation sites is 1. The van der Waals surface area contributed by atoms with Crippen molar-refractivity contribution in [2.75, 3.05) is 0 Å². The van der Waals surface area contributed by atoms with E-state index in [1.54, 1.807) is 24.3 Å². The minimum absolute atomic E-state index is 0.166. The van der Waals surface area contributed by atoms with E-state index in [4.69, 9.17) is 10.5 Å². The van der Waals surface area contributed by atoms with Gasteiger partial charge in [0.15, 0.2) is 11.6 Å². The van der Waals surface area contributed by atoms with Crippen molar-refractivity contribution in [1.82, 2.24) is 4.98 Å². The average Bonchev–Trinajstić information content (AvgIpc) is 2.41. The van der Waals surface area contributed by atoms with Gasteiger partial charge in [-0.3, -0.25) is 0 Å². The standard InChI is InChI=1S/C15H17FN2O/c1-10(2)13-7-11(9-17)8-15(18-13)19-14-6-4-3-5-12(14)16/h3-8,10H,9,17H2,1-2H3. The maximum atomic E-state index is 13.5. The summed E-state index contributed by atoms with van der Waals surface area (Å²) in [5.74, 6) is 0.388. The lowest BCUT2D eigenvalue weighted by Crippen LogP contribution is -2.02. The van der Waals surface area contributed by atoms with Crippen LogP contribution in [-0.2, 0) is 6.54 Å². The molecule has 2 rings (SSSR count). The van der Waals surface area contributed by atoms with Crippen LogP contribution in [0.3, 0.4) is 0 Å². The molecule has 100 valence electrons. The molecule has 0 atom stereocenters. The first-order chi connectivity index (χ1) is 9.10. The molecule has 1 aromatic carbocycles. The summed E-state index contributed by atoms with van der Waals surface area (Å²) in [7, 11) is 0. The molecular formula is C15H17FN2O. The van der Waals surface area contributed by atoms with Crippen molar-refractivity contribution >= 4 is 0 Å². The van der Waals surface area contributed by atoms with Crippen molar-refractivity contribution in [2.45, 2.75) is 26.3 Å². The highest BCUT2D eigenvalue weighted by molar-refractivity contribution is 5.32. The minimum Gasteiger partial charge on any atom is -0.436 e. The molecule has 0 bridgehead atoms. The summed E-state index contributed by atoms with van der Waals surface area (Å²) >= 11 is 0. The normalized spacial score (nSPS) is 10.8. The van der Waals surface area contributed by atoms with Gasteiger partial charge in [0.05, 0.1) is 0 Å². The second-order valence-electron chi connectivity index (χ2n) is 4.63. The predicted octanol–water partition coefficient (Wildman–Crippen LogP) is 3.60. The van der Waals surface area contributed by atoms with Crippen molar-refractivity contribution < 1.29 is 9.13 Å². The zero-order valence-electron chi connectivity index (χ0n) is 11.1. The molecule has 1 heterocycles. The number of aromatic nitrogens is 1. The number of benzene rings is 1. The smallest absolute Gasteiger partial charge is 0.219 e. The van der Waals surface area contributed by atoms with Gasteiger partial charge in [-0.05, 0) is 29.7 Å². The van der Waals surface area contributed by atoms with Crippen LogP contribution in [0.25, 0.3) is 0 Å². The Bertz CT molecular complexity index is 570. The van der Waals surface area contributed by atoms with E-state index in [1.165, 1.54) is 6.07 Å². The third kappa shape index (κ3) is 3.29. The van der Waals surface area contributed by atoms with Crippen LogP contribution < -0.4 is 10.5 Å². The highest BCUT2D eigenvalue weighted by Crippen LogP contribution is 2.25. The summed E-state index contributed by atoms with van der Waals surface area (Å²) in [6.07, 6.45) is 0. The molecule has 2 aromatic rings. The lowest BCUT2D eigenvalue weighted by atomic mass is 10.1. The maximum absolute atomic E-state index is 13.5. The Labute approximate surface area is 112 Å². The van der Waals surface area contributed by atoms with Gasteiger partial charge in [-0.2, -0.15) is 0 Å². The summed E-state index contributed by atoms with van der Waals surface area (Å²) in [5, 5.41) is 0. The zero-order chi connectivity index (χ0) is 13.8. The van der Waals surface area contributed by atoms with Gasteiger partial charge in [-0.1, -0.05) is 26.0 Å². The minimum atomic E-state index is -0.409. The van der Waals surface area contributed by atoms with E-state index < -0.39 is 5.82 Å². The van der Waals surface area contributed by atoms with Crippen molar-refractivity contribution in [3.8, 4) is 11.6 Å². The third-order valence-corrected chi connectivity index (χ3v) is 2.76. The Hall–Kier alpha value is -1.94. The molecule has 0 saturated heterocycles. The van der Waals surface area contributed by atoms with E-state index in [-0.39, 0.29) is 11.7 Å². The van der Waals surface area contributed by atoms with Crippen molar-refractivity contribution in [3.05, 3.63) is 53.5 Å². The van der Waals surface area contributed by atoms with Crippen LogP contribution in [0.15, 0.2) is 36.4 Å². The van der Waals surface area contributed by atoms with Gasteiger partial charge in [-0.25, -0.2) is 9.37 Å². The van der Waals surface area contributed by atoms with Crippen molar-refractivity contribution in [1.29, 1.82) is 0 Å². The van der Waals surface area contributed by atoms with E-state index in [0.29, 0.717) is 12.4 Å². The molecule has 0 aliphatic heterocycles. The number of nitrogens with two attached hydrogens (primary N) is 1. The van der Waals surface area contributed by atoms with Crippen LogP contribution in [-0.4, -0.2) is 4.98 Å². The van der Waals surface area contributed by atoms with Crippen LogP contribution in [0.5, 0.6) is 11.6 Å². The van der Waals surface area contributed by atoms with Crippen LogP contribution in [0.1, 0.15) is 31.0 Å². The molecule has 0 aliphatic rings. The number of pyridine rings is 1. The topological polar surface area (TPSA) is 48.1 Å². The first-order valence-electron chi connectivity index (χ1n) is 6.23. The van der Waals surface area contributed by atoms with Gasteiger partial charge in [0.1, 0.15) is 0 Å². The highest BCUT2D eigenvalue weighted by Gasteiger charge is 2.09. The second kappa shape index (κ2) is 5.80. The fourth-order valence-electron chi connectivity index (χ4n) is 1.69. The lowest BCUT2D eigenvalue weighted by Gasteiger charge is -2.11. The van der Waals surface area contributed by atoms with Gasteiger partial charge in [-0.15, -0.1) is 0 Å². The van der Waals surface area contributed by atoms with Gasteiger partial charge in [0, 0.05) is 18.3 Å². The molecule has 0 radical (unpaired) electrons. The summed E-state index contributed by atoms with van der Waals surface area (Å²) in [5.41, 5.74) is 7.46. The fraction of sp³-hybridized carbons (Fsp3) is 0.267. The number of ether oxygens (including phenoxy) is 1. The number of halogens is 1. The Balaban J connectivity index is 2.34. The first-order valence-corrected chi connectivity index (χ1v) is 6.23. The molecule has 19 heavy (non-hydrogen) atoms. The molecule has 0 spiro atoms. The summed E-state index contributed by atoms with van der Waals surface area (Å²) in [6, 6.07) is 9.93. The molecule has 0 amide bonds. The molecular weight excluding hydrogens is 243 g/mol. The lowest BCUT2D eigenvalue weighted by molar-refractivity contribution is 0.424. The third-order valence-electron chi connectivity index (χ3n) is 2.76. The molecule has 0 aliphatic carbocycles. The van der Waals surface area contributed by atoms with E-state index in [9.17, 15) is 4.39 Å².